The Labute approximate surface area is 127 Å². The van der Waals surface area contributed by atoms with Crippen LogP contribution < -0.4 is 11.0 Å². The number of hydrogen-bond donors (Lipinski definition) is 1. The van der Waals surface area contributed by atoms with Crippen LogP contribution in [0.25, 0.3) is 11.0 Å². The third kappa shape index (κ3) is 2.16. The lowest BCUT2D eigenvalue weighted by Crippen LogP contribution is -2.44. The predicted molar refractivity (Wildman–Crippen MR) is 82.5 cm³/mol. The number of fused-ring (bicyclic) bond motifs is 1. The highest BCUT2D eigenvalue weighted by atomic mass is 16.2. The molecule has 1 fully saturated rings. The zero-order valence-corrected chi connectivity index (χ0v) is 12.3. The summed E-state index contributed by atoms with van der Waals surface area (Å²) < 4.78 is 3.01. The number of amides is 2. The Morgan fingerprint density at radius 1 is 1.32 bits per heavy atom. The molecule has 1 aliphatic heterocycles. The second kappa shape index (κ2) is 5.29. The highest BCUT2D eigenvalue weighted by Crippen LogP contribution is 2.23. The monoisotopic (exact) mass is 299 g/mol. The molecule has 0 aliphatic carbocycles. The van der Waals surface area contributed by atoms with Crippen molar-refractivity contribution in [3.8, 4) is 0 Å². The Morgan fingerprint density at radius 3 is 2.77 bits per heavy atom. The van der Waals surface area contributed by atoms with Crippen LogP contribution in [0.3, 0.4) is 0 Å². The molecule has 1 unspecified atom stereocenters. The summed E-state index contributed by atoms with van der Waals surface area (Å²) in [6.45, 7) is 3.71. The highest BCUT2D eigenvalue weighted by molar-refractivity contribution is 6.00. The molecule has 0 radical (unpaired) electrons. The molecular weight excluding hydrogens is 282 g/mol. The molecule has 22 heavy (non-hydrogen) atoms. The van der Waals surface area contributed by atoms with E-state index in [-0.39, 0.29) is 18.0 Å². The third-order valence-electron chi connectivity index (χ3n) is 4.06. The minimum absolute atomic E-state index is 0.244. The van der Waals surface area contributed by atoms with E-state index < -0.39 is 11.9 Å². The van der Waals surface area contributed by atoms with E-state index in [0.717, 1.165) is 11.1 Å². The summed E-state index contributed by atoms with van der Waals surface area (Å²) in [6, 6.07) is 5.06. The first-order chi connectivity index (χ1) is 10.5. The van der Waals surface area contributed by atoms with Crippen LogP contribution in [0.2, 0.25) is 0 Å². The SMILES string of the molecule is C=CCc1ccc2c(c1)n(C)c(=O)n2C1CCC(=O)NC1=O. The average Bonchev–Trinajstić information content (AvgIpc) is 2.72. The van der Waals surface area contributed by atoms with E-state index >= 15 is 0 Å². The van der Waals surface area contributed by atoms with Gasteiger partial charge in [0.05, 0.1) is 11.0 Å². The van der Waals surface area contributed by atoms with E-state index in [2.05, 4.69) is 11.9 Å². The number of carbonyl (C=O) groups is 2. The topological polar surface area (TPSA) is 73.1 Å². The quantitative estimate of drug-likeness (QED) is 0.680. The average molecular weight is 299 g/mol. The van der Waals surface area contributed by atoms with Crippen molar-refractivity contribution in [1.82, 2.24) is 14.5 Å². The Balaban J connectivity index is 2.16. The molecule has 1 aromatic heterocycles. The molecule has 6 heteroatoms. The van der Waals surface area contributed by atoms with Gasteiger partial charge in [0.1, 0.15) is 6.04 Å². The Hall–Kier alpha value is -2.63. The van der Waals surface area contributed by atoms with Gasteiger partial charge in [0, 0.05) is 13.5 Å². The lowest BCUT2D eigenvalue weighted by atomic mass is 10.1. The summed E-state index contributed by atoms with van der Waals surface area (Å²) in [5.41, 5.74) is 2.28. The van der Waals surface area contributed by atoms with Gasteiger partial charge in [0.15, 0.2) is 0 Å². The number of aromatic nitrogens is 2. The number of hydrogen-bond acceptors (Lipinski definition) is 3. The Morgan fingerprint density at radius 2 is 2.09 bits per heavy atom. The first-order valence-corrected chi connectivity index (χ1v) is 7.17. The molecular formula is C16H17N3O3. The van der Waals surface area contributed by atoms with Gasteiger partial charge in [0.2, 0.25) is 11.8 Å². The van der Waals surface area contributed by atoms with Crippen LogP contribution in [0.4, 0.5) is 0 Å². The zero-order valence-electron chi connectivity index (χ0n) is 12.3. The maximum absolute atomic E-state index is 12.5. The minimum atomic E-state index is -0.640. The lowest BCUT2D eigenvalue weighted by molar-refractivity contribution is -0.135. The minimum Gasteiger partial charge on any atom is -0.295 e. The number of rotatable bonds is 3. The number of nitrogens with one attached hydrogen (secondary N) is 1. The molecule has 1 saturated heterocycles. The molecule has 1 aromatic carbocycles. The van der Waals surface area contributed by atoms with Crippen molar-refractivity contribution in [2.45, 2.75) is 25.3 Å². The van der Waals surface area contributed by atoms with Crippen molar-refractivity contribution in [1.29, 1.82) is 0 Å². The molecule has 114 valence electrons. The van der Waals surface area contributed by atoms with Crippen molar-refractivity contribution >= 4 is 22.8 Å². The van der Waals surface area contributed by atoms with Gasteiger partial charge in [-0.1, -0.05) is 12.1 Å². The van der Waals surface area contributed by atoms with Gasteiger partial charge in [-0.25, -0.2) is 4.79 Å². The molecule has 6 nitrogen and oxygen atoms in total. The molecule has 0 spiro atoms. The second-order valence-corrected chi connectivity index (χ2v) is 5.49. The standard InChI is InChI=1S/C16H17N3O3/c1-3-4-10-5-6-11-13(9-10)18(2)16(22)19(11)12-7-8-14(20)17-15(12)21/h3,5-6,9,12H,1,4,7-8H2,2H3,(H,17,20,21). The number of imide groups is 1. The summed E-state index contributed by atoms with van der Waals surface area (Å²) in [5.74, 6) is -0.705. The number of carbonyl (C=O) groups excluding carboxylic acids is 2. The van der Waals surface area contributed by atoms with Gasteiger partial charge in [-0.05, 0) is 30.5 Å². The first-order valence-electron chi connectivity index (χ1n) is 7.17. The van der Waals surface area contributed by atoms with Crippen LogP contribution in [-0.2, 0) is 23.1 Å². The van der Waals surface area contributed by atoms with E-state index in [1.54, 1.807) is 13.1 Å². The fraction of sp³-hybridized carbons (Fsp3) is 0.312. The van der Waals surface area contributed by atoms with Crippen LogP contribution in [-0.4, -0.2) is 20.9 Å². The summed E-state index contributed by atoms with van der Waals surface area (Å²) in [6.07, 6.45) is 3.11. The van der Waals surface area contributed by atoms with Crippen molar-refractivity contribution in [3.63, 3.8) is 0 Å². The largest absolute Gasteiger partial charge is 0.329 e. The fourth-order valence-electron chi connectivity index (χ4n) is 2.93. The summed E-state index contributed by atoms with van der Waals surface area (Å²) in [7, 11) is 1.69. The molecule has 2 heterocycles. The Kier molecular flexibility index (Phi) is 3.44. The van der Waals surface area contributed by atoms with E-state index in [1.807, 2.05) is 18.2 Å². The summed E-state index contributed by atoms with van der Waals surface area (Å²) in [5, 5.41) is 2.30. The molecule has 0 bridgehead atoms. The normalized spacial score (nSPS) is 18.5. The van der Waals surface area contributed by atoms with Gasteiger partial charge < -0.3 is 0 Å². The van der Waals surface area contributed by atoms with Crippen LogP contribution in [0.5, 0.6) is 0 Å². The highest BCUT2D eigenvalue weighted by Gasteiger charge is 2.31. The van der Waals surface area contributed by atoms with Crippen molar-refractivity contribution < 1.29 is 9.59 Å². The number of benzene rings is 1. The molecule has 0 saturated carbocycles. The molecule has 3 rings (SSSR count). The summed E-state index contributed by atoms with van der Waals surface area (Å²) in [4.78, 5) is 35.9. The molecule has 1 atom stereocenters. The van der Waals surface area contributed by atoms with E-state index in [9.17, 15) is 14.4 Å². The van der Waals surface area contributed by atoms with Crippen LogP contribution in [0.1, 0.15) is 24.4 Å². The van der Waals surface area contributed by atoms with Crippen LogP contribution in [0.15, 0.2) is 35.6 Å². The molecule has 2 aromatic rings. The second-order valence-electron chi connectivity index (χ2n) is 5.49. The van der Waals surface area contributed by atoms with Gasteiger partial charge in [-0.15, -0.1) is 6.58 Å². The fourth-order valence-corrected chi connectivity index (χ4v) is 2.93. The van der Waals surface area contributed by atoms with Crippen molar-refractivity contribution in [2.24, 2.45) is 7.05 Å². The van der Waals surface area contributed by atoms with Crippen LogP contribution in [0, 0.1) is 0 Å². The van der Waals surface area contributed by atoms with Gasteiger partial charge in [-0.3, -0.25) is 24.0 Å². The molecule has 2 amide bonds. The smallest absolute Gasteiger partial charge is 0.295 e. The van der Waals surface area contributed by atoms with Crippen molar-refractivity contribution in [2.75, 3.05) is 0 Å². The van der Waals surface area contributed by atoms with Crippen LogP contribution >= 0.6 is 0 Å². The van der Waals surface area contributed by atoms with Gasteiger partial charge in [0.25, 0.3) is 0 Å². The maximum atomic E-state index is 12.5. The number of imidazole rings is 1. The number of nitrogens with zero attached hydrogens (tertiary/aromatic N) is 2. The number of aryl methyl sites for hydroxylation is 1. The zero-order chi connectivity index (χ0) is 15.9. The maximum Gasteiger partial charge on any atom is 0.329 e. The molecule has 1 aliphatic rings. The number of piperidine rings is 1. The predicted octanol–water partition coefficient (Wildman–Crippen LogP) is 1.05. The molecule has 1 N–H and O–H groups in total. The van der Waals surface area contributed by atoms with Gasteiger partial charge in [-0.2, -0.15) is 0 Å². The number of allylic oxidation sites excluding steroid dienone is 1. The Bertz CT molecular complexity index is 844. The lowest BCUT2D eigenvalue weighted by Gasteiger charge is -2.21. The van der Waals surface area contributed by atoms with E-state index in [4.69, 9.17) is 0 Å². The third-order valence-corrected chi connectivity index (χ3v) is 4.06. The van der Waals surface area contributed by atoms with E-state index in [0.29, 0.717) is 18.4 Å². The first kappa shape index (κ1) is 14.3. The van der Waals surface area contributed by atoms with Gasteiger partial charge >= 0.3 is 5.69 Å². The summed E-state index contributed by atoms with van der Waals surface area (Å²) >= 11 is 0. The van der Waals surface area contributed by atoms with E-state index in [1.165, 1.54) is 9.13 Å². The van der Waals surface area contributed by atoms with Crippen molar-refractivity contribution in [3.05, 3.63) is 46.9 Å².